The minimum Gasteiger partial charge on any atom is -0.488 e. The number of aromatic nitrogens is 2. The molecule has 1 aliphatic rings. The molecule has 3 heterocycles. The molecule has 168 valence electrons. The molecule has 0 bridgehead atoms. The number of benzene rings is 1. The molecule has 8 heteroatoms. The van der Waals surface area contributed by atoms with Crippen LogP contribution in [0.2, 0.25) is 0 Å². The molecular formula is C24H29N5O3. The fourth-order valence-corrected chi connectivity index (χ4v) is 3.78. The maximum atomic E-state index is 13.0. The highest BCUT2D eigenvalue weighted by atomic mass is 16.5. The lowest BCUT2D eigenvalue weighted by Crippen LogP contribution is -2.45. The number of anilines is 1. The summed E-state index contributed by atoms with van der Waals surface area (Å²) in [5.41, 5.74) is 3.17. The summed E-state index contributed by atoms with van der Waals surface area (Å²) in [7, 11) is 2.13. The van der Waals surface area contributed by atoms with Crippen LogP contribution in [0, 0.1) is 13.8 Å². The summed E-state index contributed by atoms with van der Waals surface area (Å²) in [6.07, 6.45) is 1.80. The number of nitrogens with zero attached hydrogens (tertiary/aromatic N) is 4. The van der Waals surface area contributed by atoms with E-state index >= 15 is 0 Å². The Kier molecular flexibility index (Phi) is 6.70. The molecule has 1 aliphatic heterocycles. The zero-order chi connectivity index (χ0) is 22.5. The highest BCUT2D eigenvalue weighted by Crippen LogP contribution is 2.23. The number of piperazine rings is 1. The van der Waals surface area contributed by atoms with Gasteiger partial charge in [-0.2, -0.15) is 0 Å². The van der Waals surface area contributed by atoms with Crippen molar-refractivity contribution in [3.05, 3.63) is 70.7 Å². The summed E-state index contributed by atoms with van der Waals surface area (Å²) in [5.74, 6) is 1.99. The number of carbonyl (C=O) groups excluding carboxylic acids is 1. The number of likely N-dealkylation sites (N-methyl/N-ethyl adjacent to an activating group) is 1. The van der Waals surface area contributed by atoms with Crippen LogP contribution in [0.5, 0.6) is 5.75 Å². The third-order valence-electron chi connectivity index (χ3n) is 5.79. The van der Waals surface area contributed by atoms with Crippen molar-refractivity contribution in [1.29, 1.82) is 0 Å². The van der Waals surface area contributed by atoms with Gasteiger partial charge in [0.05, 0.1) is 16.8 Å². The van der Waals surface area contributed by atoms with Crippen LogP contribution in [0.3, 0.4) is 0 Å². The fourth-order valence-electron chi connectivity index (χ4n) is 3.78. The normalized spacial score (nSPS) is 14.4. The van der Waals surface area contributed by atoms with E-state index in [1.165, 1.54) is 0 Å². The molecule has 1 aromatic carbocycles. The second-order valence-corrected chi connectivity index (χ2v) is 8.05. The van der Waals surface area contributed by atoms with Crippen molar-refractivity contribution in [2.24, 2.45) is 0 Å². The largest absolute Gasteiger partial charge is 0.488 e. The fraction of sp³-hybridized carbons (Fsp3) is 0.375. The van der Waals surface area contributed by atoms with Gasteiger partial charge in [0.2, 0.25) is 0 Å². The lowest BCUT2D eigenvalue weighted by atomic mass is 10.1. The molecule has 0 unspecified atom stereocenters. The van der Waals surface area contributed by atoms with E-state index in [1.54, 1.807) is 18.3 Å². The van der Waals surface area contributed by atoms with E-state index in [4.69, 9.17) is 9.26 Å². The predicted octanol–water partition coefficient (Wildman–Crippen LogP) is 2.95. The van der Waals surface area contributed by atoms with E-state index < -0.39 is 0 Å². The van der Waals surface area contributed by atoms with Crippen LogP contribution < -0.4 is 15.0 Å². The maximum absolute atomic E-state index is 13.0. The first-order valence-electron chi connectivity index (χ1n) is 10.8. The molecule has 0 spiro atoms. The van der Waals surface area contributed by atoms with E-state index in [0.29, 0.717) is 24.5 Å². The van der Waals surface area contributed by atoms with Crippen LogP contribution >= 0.6 is 0 Å². The van der Waals surface area contributed by atoms with Crippen molar-refractivity contribution in [3.63, 3.8) is 0 Å². The number of carbonyl (C=O) groups is 1. The van der Waals surface area contributed by atoms with Gasteiger partial charge in [-0.1, -0.05) is 23.4 Å². The summed E-state index contributed by atoms with van der Waals surface area (Å²) < 4.78 is 11.2. The van der Waals surface area contributed by atoms with Gasteiger partial charge < -0.3 is 24.4 Å². The van der Waals surface area contributed by atoms with Gasteiger partial charge in [0.1, 0.15) is 23.9 Å². The van der Waals surface area contributed by atoms with Gasteiger partial charge in [0, 0.05) is 44.5 Å². The van der Waals surface area contributed by atoms with E-state index in [1.807, 2.05) is 38.1 Å². The number of hydrogen-bond donors (Lipinski definition) is 1. The highest BCUT2D eigenvalue weighted by Gasteiger charge is 2.19. The van der Waals surface area contributed by atoms with Crippen molar-refractivity contribution >= 4 is 11.7 Å². The Balaban J connectivity index is 1.43. The second-order valence-electron chi connectivity index (χ2n) is 8.05. The Labute approximate surface area is 188 Å². The first kappa shape index (κ1) is 21.8. The lowest BCUT2D eigenvalue weighted by Gasteiger charge is -2.34. The van der Waals surface area contributed by atoms with Crippen LogP contribution in [0.25, 0.3) is 0 Å². The number of aryl methyl sites for hydroxylation is 2. The molecule has 1 saturated heterocycles. The zero-order valence-corrected chi connectivity index (χ0v) is 18.8. The Hall–Kier alpha value is -3.39. The van der Waals surface area contributed by atoms with Gasteiger partial charge in [0.25, 0.3) is 5.91 Å². The number of nitrogens with one attached hydrogen (secondary N) is 1. The zero-order valence-electron chi connectivity index (χ0n) is 18.8. The van der Waals surface area contributed by atoms with Crippen LogP contribution in [-0.4, -0.2) is 54.2 Å². The lowest BCUT2D eigenvalue weighted by molar-refractivity contribution is 0.0946. The highest BCUT2D eigenvalue weighted by molar-refractivity contribution is 5.96. The average molecular weight is 436 g/mol. The Morgan fingerprint density at radius 2 is 1.91 bits per heavy atom. The number of para-hydroxylation sites is 1. The Morgan fingerprint density at radius 3 is 2.66 bits per heavy atom. The second kappa shape index (κ2) is 9.82. The number of hydrogen-bond acceptors (Lipinski definition) is 7. The summed E-state index contributed by atoms with van der Waals surface area (Å²) in [6, 6.07) is 11.2. The molecule has 32 heavy (non-hydrogen) atoms. The van der Waals surface area contributed by atoms with Gasteiger partial charge in [0.15, 0.2) is 0 Å². The summed E-state index contributed by atoms with van der Waals surface area (Å²) in [5, 5.41) is 6.99. The molecular weight excluding hydrogens is 406 g/mol. The van der Waals surface area contributed by atoms with Gasteiger partial charge in [-0.15, -0.1) is 0 Å². The minimum atomic E-state index is -0.187. The van der Waals surface area contributed by atoms with Gasteiger partial charge in [-0.05, 0) is 39.1 Å². The Bertz CT molecular complexity index is 1050. The third kappa shape index (κ3) is 4.91. The first-order valence-corrected chi connectivity index (χ1v) is 10.8. The monoisotopic (exact) mass is 435 g/mol. The molecule has 2 aromatic heterocycles. The van der Waals surface area contributed by atoms with Gasteiger partial charge in [-0.25, -0.2) is 4.98 Å². The molecule has 0 atom stereocenters. The van der Waals surface area contributed by atoms with Crippen molar-refractivity contribution in [2.45, 2.75) is 27.0 Å². The van der Waals surface area contributed by atoms with Crippen molar-refractivity contribution < 1.29 is 14.1 Å². The molecule has 1 N–H and O–H groups in total. The van der Waals surface area contributed by atoms with Crippen molar-refractivity contribution in [3.8, 4) is 5.75 Å². The molecule has 0 aliphatic carbocycles. The molecule has 0 saturated carbocycles. The van der Waals surface area contributed by atoms with Gasteiger partial charge in [-0.3, -0.25) is 4.79 Å². The topological polar surface area (TPSA) is 83.7 Å². The molecule has 4 rings (SSSR count). The van der Waals surface area contributed by atoms with Crippen LogP contribution in [-0.2, 0) is 13.2 Å². The van der Waals surface area contributed by atoms with Crippen LogP contribution in [0.4, 0.5) is 5.82 Å². The quantitative estimate of drug-likeness (QED) is 0.611. The van der Waals surface area contributed by atoms with Crippen molar-refractivity contribution in [1.82, 2.24) is 20.4 Å². The molecule has 1 fully saturated rings. The summed E-state index contributed by atoms with van der Waals surface area (Å²) in [6.45, 7) is 8.26. The number of amides is 1. The van der Waals surface area contributed by atoms with Gasteiger partial charge >= 0.3 is 0 Å². The van der Waals surface area contributed by atoms with Crippen molar-refractivity contribution in [2.75, 3.05) is 38.1 Å². The van der Waals surface area contributed by atoms with E-state index in [0.717, 1.165) is 54.6 Å². The van der Waals surface area contributed by atoms with E-state index in [9.17, 15) is 4.79 Å². The summed E-state index contributed by atoms with van der Waals surface area (Å²) >= 11 is 0. The average Bonchev–Trinajstić information content (AvgIpc) is 3.14. The summed E-state index contributed by atoms with van der Waals surface area (Å²) in [4.78, 5) is 22.2. The maximum Gasteiger partial charge on any atom is 0.255 e. The number of rotatable bonds is 7. The van der Waals surface area contributed by atoms with E-state index in [2.05, 4.69) is 32.3 Å². The predicted molar refractivity (Wildman–Crippen MR) is 122 cm³/mol. The standard InChI is InChI=1S/C24H29N5O3/c1-17-21(18(2)32-27-17)16-31-22-9-5-4-8-20(22)24(30)26-15-19-7-6-10-25-23(19)29-13-11-28(3)12-14-29/h4-10H,11-16H2,1-3H3,(H,26,30). The van der Waals surface area contributed by atoms with Crippen LogP contribution in [0.1, 0.15) is 32.9 Å². The van der Waals surface area contributed by atoms with Crippen LogP contribution in [0.15, 0.2) is 47.1 Å². The molecule has 3 aromatic rings. The number of ether oxygens (including phenoxy) is 1. The third-order valence-corrected chi connectivity index (χ3v) is 5.79. The minimum absolute atomic E-state index is 0.187. The number of pyridine rings is 1. The smallest absolute Gasteiger partial charge is 0.255 e. The Morgan fingerprint density at radius 1 is 1.12 bits per heavy atom. The SMILES string of the molecule is Cc1noc(C)c1COc1ccccc1C(=O)NCc1cccnc1N1CCN(C)CC1. The van der Waals surface area contributed by atoms with E-state index in [-0.39, 0.29) is 5.91 Å². The molecule has 8 nitrogen and oxygen atoms in total. The molecule has 0 radical (unpaired) electrons. The first-order chi connectivity index (χ1) is 15.5. The molecule has 1 amide bonds.